The van der Waals surface area contributed by atoms with Gasteiger partial charge in [-0.1, -0.05) is 6.58 Å². The van der Waals surface area contributed by atoms with E-state index in [-0.39, 0.29) is 5.57 Å². The summed E-state index contributed by atoms with van der Waals surface area (Å²) >= 11 is 0. The van der Waals surface area contributed by atoms with Gasteiger partial charge in [-0.15, -0.1) is 0 Å². The molecule has 0 bridgehead atoms. The highest BCUT2D eigenvalue weighted by Gasteiger charge is 2.12. The molecule has 0 aliphatic heterocycles. The quantitative estimate of drug-likeness (QED) is 0.294. The summed E-state index contributed by atoms with van der Waals surface area (Å²) in [7, 11) is -4.64. The van der Waals surface area contributed by atoms with Crippen LogP contribution in [-0.2, 0) is 9.36 Å². The summed E-state index contributed by atoms with van der Waals surface area (Å²) in [4.78, 5) is 32.1. The van der Waals surface area contributed by atoms with Gasteiger partial charge in [0.15, 0.2) is 5.78 Å². The summed E-state index contributed by atoms with van der Waals surface area (Å²) in [6, 6.07) is 0. The number of carbonyl (C=O) groups is 1. The Balaban J connectivity index is 0. The summed E-state index contributed by atoms with van der Waals surface area (Å²) in [6.45, 7) is 4.25. The van der Waals surface area contributed by atoms with Gasteiger partial charge < -0.3 is 24.9 Å². The van der Waals surface area contributed by atoms with E-state index in [1.165, 1.54) is 6.92 Å². The third-order valence-corrected chi connectivity index (χ3v) is 0.896. The molecule has 0 amide bonds. The van der Waals surface area contributed by atoms with Crippen LogP contribution in [0.5, 0.6) is 0 Å². The Bertz CT molecular complexity index is 234. The molecule has 8 heteroatoms. The minimum atomic E-state index is -4.64. The van der Waals surface area contributed by atoms with Crippen LogP contribution in [0.2, 0.25) is 0 Å². The first kappa shape index (κ1) is 15.9. The molecule has 0 spiro atoms. The lowest BCUT2D eigenvalue weighted by Gasteiger charge is -2.03. The van der Waals surface area contributed by atoms with Crippen LogP contribution in [0.15, 0.2) is 12.2 Å². The van der Waals surface area contributed by atoms with Gasteiger partial charge in [-0.25, -0.2) is 4.57 Å². The van der Waals surface area contributed by atoms with Crippen molar-refractivity contribution in [1.29, 1.82) is 0 Å². The SMILES string of the molecule is C=C(C)C(=O)C(O)CO.O=P(O)(O)O. The number of hydrogen-bond donors (Lipinski definition) is 5. The van der Waals surface area contributed by atoms with Gasteiger partial charge in [-0.3, -0.25) is 4.79 Å². The number of phosphoric acid groups is 1. The lowest BCUT2D eigenvalue weighted by Crippen LogP contribution is -2.24. The van der Waals surface area contributed by atoms with Crippen LogP contribution in [-0.4, -0.2) is 43.4 Å². The van der Waals surface area contributed by atoms with Crippen molar-refractivity contribution in [3.8, 4) is 0 Å². The van der Waals surface area contributed by atoms with Crippen molar-refractivity contribution < 1.29 is 34.3 Å². The van der Waals surface area contributed by atoms with Crippen molar-refractivity contribution in [3.63, 3.8) is 0 Å². The number of Topliss-reactive ketones (excluding diaryl/α,β-unsaturated/α-hetero) is 1. The zero-order valence-electron chi connectivity index (χ0n) is 7.49. The molecule has 0 aromatic carbocycles. The van der Waals surface area contributed by atoms with Crippen LogP contribution in [0.4, 0.5) is 0 Å². The van der Waals surface area contributed by atoms with Crippen molar-refractivity contribution in [2.45, 2.75) is 13.0 Å². The van der Waals surface area contributed by atoms with Gasteiger partial charge in [0.25, 0.3) is 0 Å². The van der Waals surface area contributed by atoms with Crippen LogP contribution in [0.1, 0.15) is 6.92 Å². The minimum absolute atomic E-state index is 0.261. The minimum Gasteiger partial charge on any atom is -0.393 e. The van der Waals surface area contributed by atoms with Gasteiger partial charge in [0.05, 0.1) is 6.61 Å². The third kappa shape index (κ3) is 14.0. The van der Waals surface area contributed by atoms with Gasteiger partial charge in [-0.2, -0.15) is 0 Å². The highest BCUT2D eigenvalue weighted by Crippen LogP contribution is 2.25. The maximum Gasteiger partial charge on any atom is 0.466 e. The maximum atomic E-state index is 10.6. The fraction of sp³-hybridized carbons (Fsp3) is 0.500. The molecular weight excluding hydrogens is 215 g/mol. The Labute approximate surface area is 80.6 Å². The monoisotopic (exact) mass is 228 g/mol. The van der Waals surface area contributed by atoms with E-state index in [4.69, 9.17) is 29.5 Å². The largest absolute Gasteiger partial charge is 0.466 e. The number of ketones is 1. The molecule has 0 fully saturated rings. The predicted octanol–water partition coefficient (Wildman–Crippen LogP) is -1.44. The zero-order valence-corrected chi connectivity index (χ0v) is 8.39. The Morgan fingerprint density at radius 1 is 1.43 bits per heavy atom. The molecule has 7 nitrogen and oxygen atoms in total. The van der Waals surface area contributed by atoms with Crippen LogP contribution in [0.3, 0.4) is 0 Å². The van der Waals surface area contributed by atoms with Crippen LogP contribution < -0.4 is 0 Å². The van der Waals surface area contributed by atoms with E-state index < -0.39 is 26.3 Å². The van der Waals surface area contributed by atoms with Gasteiger partial charge in [-0.05, 0) is 12.5 Å². The summed E-state index contributed by atoms with van der Waals surface area (Å²) in [5.74, 6) is -0.502. The lowest BCUT2D eigenvalue weighted by atomic mass is 10.1. The highest BCUT2D eigenvalue weighted by atomic mass is 31.2. The van der Waals surface area contributed by atoms with E-state index in [0.29, 0.717) is 0 Å². The fourth-order valence-corrected chi connectivity index (χ4v) is 0.367. The van der Waals surface area contributed by atoms with E-state index >= 15 is 0 Å². The molecule has 5 N–H and O–H groups in total. The second-order valence-electron chi connectivity index (χ2n) is 2.36. The van der Waals surface area contributed by atoms with Gasteiger partial charge in [0, 0.05) is 0 Å². The first-order valence-corrected chi connectivity index (χ1v) is 4.93. The lowest BCUT2D eigenvalue weighted by molar-refractivity contribution is -0.124. The van der Waals surface area contributed by atoms with Crippen LogP contribution >= 0.6 is 7.82 Å². The average Bonchev–Trinajstić information content (AvgIpc) is 1.98. The van der Waals surface area contributed by atoms with Crippen LogP contribution in [0, 0.1) is 0 Å². The molecule has 0 aromatic heterocycles. The smallest absolute Gasteiger partial charge is 0.393 e. The summed E-state index contributed by atoms with van der Waals surface area (Å²) in [5.41, 5.74) is 0.261. The molecule has 1 atom stereocenters. The maximum absolute atomic E-state index is 10.6. The number of aliphatic hydroxyl groups excluding tert-OH is 2. The summed E-state index contributed by atoms with van der Waals surface area (Å²) < 4.78 is 8.88. The van der Waals surface area contributed by atoms with Crippen molar-refractivity contribution in [2.24, 2.45) is 0 Å². The molecule has 0 aromatic rings. The molecule has 84 valence electrons. The number of rotatable bonds is 3. The Morgan fingerprint density at radius 3 is 1.79 bits per heavy atom. The molecule has 0 rings (SSSR count). The molecule has 0 aliphatic rings. The van der Waals surface area contributed by atoms with E-state index in [1.807, 2.05) is 0 Å². The van der Waals surface area contributed by atoms with Gasteiger partial charge >= 0.3 is 7.82 Å². The molecule has 0 saturated heterocycles. The second kappa shape index (κ2) is 6.83. The van der Waals surface area contributed by atoms with Crippen LogP contribution in [0.25, 0.3) is 0 Å². The van der Waals surface area contributed by atoms with Crippen molar-refractivity contribution in [3.05, 3.63) is 12.2 Å². The Morgan fingerprint density at radius 2 is 1.71 bits per heavy atom. The summed E-state index contributed by atoms with van der Waals surface area (Å²) in [5, 5.41) is 16.9. The van der Waals surface area contributed by atoms with Crippen molar-refractivity contribution in [2.75, 3.05) is 6.61 Å². The molecule has 0 aliphatic carbocycles. The number of hydrogen-bond acceptors (Lipinski definition) is 4. The Hall–Kier alpha value is -0.560. The van der Waals surface area contributed by atoms with Crippen molar-refractivity contribution >= 4 is 13.6 Å². The van der Waals surface area contributed by atoms with Gasteiger partial charge in [0.1, 0.15) is 6.10 Å². The topological polar surface area (TPSA) is 135 Å². The normalized spacial score (nSPS) is 12.4. The van der Waals surface area contributed by atoms with Crippen molar-refractivity contribution in [1.82, 2.24) is 0 Å². The molecule has 14 heavy (non-hydrogen) atoms. The molecular formula is C6H13O7P. The first-order valence-electron chi connectivity index (χ1n) is 3.36. The van der Waals surface area contributed by atoms with E-state index in [1.54, 1.807) is 0 Å². The van der Waals surface area contributed by atoms with Gasteiger partial charge in [0.2, 0.25) is 0 Å². The van der Waals surface area contributed by atoms with E-state index in [9.17, 15) is 4.79 Å². The predicted molar refractivity (Wildman–Crippen MR) is 47.2 cm³/mol. The third-order valence-electron chi connectivity index (χ3n) is 0.896. The summed E-state index contributed by atoms with van der Waals surface area (Å²) in [6.07, 6.45) is -1.29. The molecule has 0 saturated carbocycles. The number of aliphatic hydroxyl groups is 2. The highest BCUT2D eigenvalue weighted by molar-refractivity contribution is 7.45. The van der Waals surface area contributed by atoms with E-state index in [2.05, 4.69) is 6.58 Å². The fourth-order valence-electron chi connectivity index (χ4n) is 0.367. The zero-order chi connectivity index (χ0) is 11.9. The average molecular weight is 228 g/mol. The number of carbonyl (C=O) groups excluding carboxylic acids is 1. The molecule has 1 unspecified atom stereocenters. The molecule has 0 radical (unpaired) electrons. The first-order chi connectivity index (χ1) is 6.09. The second-order valence-corrected chi connectivity index (χ2v) is 3.38. The molecule has 0 heterocycles. The standard InChI is InChI=1S/C6H10O3.H3O4P/c1-4(2)6(9)5(8)3-7;1-5(2,3)4/h5,7-8H,1,3H2,2H3;(H3,1,2,3,4). The van der Waals surface area contributed by atoms with E-state index in [0.717, 1.165) is 0 Å². The Kier molecular flexibility index (Phi) is 7.75.